The number of rotatable bonds is 10. The largest absolute Gasteiger partial charge is 0.481 e. The van der Waals surface area contributed by atoms with Gasteiger partial charge in [-0.05, 0) is 24.1 Å². The van der Waals surface area contributed by atoms with Gasteiger partial charge in [0.05, 0.1) is 12.5 Å². The minimum Gasteiger partial charge on any atom is -0.481 e. The highest BCUT2D eigenvalue weighted by molar-refractivity contribution is 5.90. The second kappa shape index (κ2) is 10.5. The molecule has 9 heteroatoms. The van der Waals surface area contributed by atoms with Crippen LogP contribution < -0.4 is 16.2 Å². The van der Waals surface area contributed by atoms with Crippen LogP contribution in [0.25, 0.3) is 0 Å². The van der Waals surface area contributed by atoms with Gasteiger partial charge >= 0.3 is 5.97 Å². The number of benzene rings is 1. The second-order valence-corrected chi connectivity index (χ2v) is 6.30. The van der Waals surface area contributed by atoms with Gasteiger partial charge in [0.1, 0.15) is 18.5 Å². The van der Waals surface area contributed by atoms with Crippen molar-refractivity contribution in [2.24, 2.45) is 0 Å². The molecule has 0 spiro atoms. The highest BCUT2D eigenvalue weighted by Gasteiger charge is 2.16. The Morgan fingerprint density at radius 2 is 1.79 bits per heavy atom. The molecular weight excluding hydrogens is 378 g/mol. The third-order valence-corrected chi connectivity index (χ3v) is 4.00. The Morgan fingerprint density at radius 3 is 2.45 bits per heavy atom. The van der Waals surface area contributed by atoms with E-state index in [0.717, 1.165) is 10.1 Å². The molecule has 0 aliphatic heterocycles. The van der Waals surface area contributed by atoms with Crippen molar-refractivity contribution in [3.63, 3.8) is 0 Å². The number of carbonyl (C=O) groups is 4. The molecule has 1 unspecified atom stereocenters. The maximum atomic E-state index is 12.5. The molecule has 0 saturated carbocycles. The average Bonchev–Trinajstić information content (AvgIpc) is 2.69. The number of carboxylic acid groups (broad SMARTS) is 1. The third kappa shape index (κ3) is 7.06. The normalized spacial score (nSPS) is 11.3. The van der Waals surface area contributed by atoms with Crippen molar-refractivity contribution in [1.82, 2.24) is 9.88 Å². The molecule has 0 saturated heterocycles. The van der Waals surface area contributed by atoms with Crippen molar-refractivity contribution in [3.05, 3.63) is 64.6 Å². The number of hydrogen-bond acceptors (Lipinski definition) is 5. The van der Waals surface area contributed by atoms with Gasteiger partial charge in [0.2, 0.25) is 11.8 Å². The van der Waals surface area contributed by atoms with E-state index in [0.29, 0.717) is 12.7 Å². The summed E-state index contributed by atoms with van der Waals surface area (Å²) in [6.45, 7) is -0.420. The molecule has 1 aromatic heterocycles. The fourth-order valence-electron chi connectivity index (χ4n) is 2.60. The minimum absolute atomic E-state index is 0.0239. The van der Waals surface area contributed by atoms with Gasteiger partial charge in [0.15, 0.2) is 0 Å². The van der Waals surface area contributed by atoms with E-state index >= 15 is 0 Å². The zero-order chi connectivity index (χ0) is 21.2. The molecule has 152 valence electrons. The number of aliphatic carboxylic acids is 1. The number of nitrogens with zero attached hydrogens (tertiary/aromatic N) is 1. The summed E-state index contributed by atoms with van der Waals surface area (Å²) in [5.74, 6) is -2.27. The van der Waals surface area contributed by atoms with Gasteiger partial charge in [-0.1, -0.05) is 30.3 Å². The summed E-state index contributed by atoms with van der Waals surface area (Å²) < 4.78 is 1.06. The van der Waals surface area contributed by atoms with E-state index in [1.807, 2.05) is 30.3 Å². The predicted octanol–water partition coefficient (Wildman–Crippen LogP) is 0.578. The standard InChI is InChI=1S/C20H21N3O6/c24-13-15(11-19(27)28)21-18(26)12-23-10-4-7-16(20(23)29)22-17(25)9-8-14-5-2-1-3-6-14/h1-7,10,13,15H,8-9,11-12H2,(H,21,26)(H,22,25)(H,27,28). The van der Waals surface area contributed by atoms with E-state index < -0.39 is 36.4 Å². The molecule has 29 heavy (non-hydrogen) atoms. The number of nitrogens with one attached hydrogen (secondary N) is 2. The number of hydrogen-bond donors (Lipinski definition) is 3. The van der Waals surface area contributed by atoms with E-state index in [-0.39, 0.29) is 18.0 Å². The van der Waals surface area contributed by atoms with E-state index in [2.05, 4.69) is 10.6 Å². The Bertz CT molecular complexity index is 939. The van der Waals surface area contributed by atoms with Crippen molar-refractivity contribution < 1.29 is 24.3 Å². The minimum atomic E-state index is -1.24. The summed E-state index contributed by atoms with van der Waals surface area (Å²) in [6.07, 6.45) is 1.83. The van der Waals surface area contributed by atoms with Crippen LogP contribution in [0, 0.1) is 0 Å². The number of carboxylic acids is 1. The molecule has 1 heterocycles. The number of aromatic nitrogens is 1. The SMILES string of the molecule is O=CC(CC(=O)O)NC(=O)Cn1cccc(NC(=O)CCc2ccccc2)c1=O. The molecule has 0 bridgehead atoms. The summed E-state index contributed by atoms with van der Waals surface area (Å²) in [6, 6.07) is 11.2. The Labute approximate surface area is 166 Å². The van der Waals surface area contributed by atoms with Crippen LogP contribution in [0.5, 0.6) is 0 Å². The zero-order valence-electron chi connectivity index (χ0n) is 15.5. The van der Waals surface area contributed by atoms with Crippen LogP contribution in [-0.2, 0) is 32.1 Å². The topological polar surface area (TPSA) is 135 Å². The van der Waals surface area contributed by atoms with Crippen molar-refractivity contribution >= 4 is 29.8 Å². The molecule has 0 radical (unpaired) electrons. The lowest BCUT2D eigenvalue weighted by molar-refractivity contribution is -0.138. The van der Waals surface area contributed by atoms with Crippen molar-refractivity contribution in [3.8, 4) is 0 Å². The van der Waals surface area contributed by atoms with Crippen LogP contribution in [0.4, 0.5) is 5.69 Å². The summed E-state index contributed by atoms with van der Waals surface area (Å²) in [5, 5.41) is 13.5. The van der Waals surface area contributed by atoms with E-state index in [4.69, 9.17) is 5.11 Å². The number of anilines is 1. The number of pyridine rings is 1. The summed E-state index contributed by atoms with van der Waals surface area (Å²) >= 11 is 0. The summed E-state index contributed by atoms with van der Waals surface area (Å²) in [5.41, 5.74) is 0.434. The first kappa shape index (κ1) is 21.5. The van der Waals surface area contributed by atoms with E-state index in [1.54, 1.807) is 0 Å². The van der Waals surface area contributed by atoms with Crippen LogP contribution in [0.1, 0.15) is 18.4 Å². The lowest BCUT2D eigenvalue weighted by Crippen LogP contribution is -2.41. The number of carbonyl (C=O) groups excluding carboxylic acids is 3. The zero-order valence-corrected chi connectivity index (χ0v) is 15.5. The Balaban J connectivity index is 1.96. The lowest BCUT2D eigenvalue weighted by Gasteiger charge is -2.12. The van der Waals surface area contributed by atoms with Gasteiger partial charge in [-0.15, -0.1) is 0 Å². The Morgan fingerprint density at radius 1 is 1.07 bits per heavy atom. The maximum absolute atomic E-state index is 12.5. The van der Waals surface area contributed by atoms with Gasteiger partial charge in [-0.3, -0.25) is 19.2 Å². The second-order valence-electron chi connectivity index (χ2n) is 6.30. The number of aldehydes is 1. The highest BCUT2D eigenvalue weighted by atomic mass is 16.4. The Kier molecular flexibility index (Phi) is 7.84. The Hall–Kier alpha value is -3.75. The van der Waals surface area contributed by atoms with Crippen LogP contribution in [0.3, 0.4) is 0 Å². The van der Waals surface area contributed by atoms with Crippen molar-refractivity contribution in [2.75, 3.05) is 5.32 Å². The van der Waals surface area contributed by atoms with Crippen LogP contribution >= 0.6 is 0 Å². The lowest BCUT2D eigenvalue weighted by atomic mass is 10.1. The molecule has 0 aliphatic carbocycles. The number of aryl methyl sites for hydroxylation is 1. The fourth-order valence-corrected chi connectivity index (χ4v) is 2.60. The van der Waals surface area contributed by atoms with Crippen LogP contribution in [-0.4, -0.2) is 39.8 Å². The molecule has 1 aromatic carbocycles. The molecule has 9 nitrogen and oxygen atoms in total. The van der Waals surface area contributed by atoms with Gasteiger partial charge < -0.3 is 25.1 Å². The van der Waals surface area contributed by atoms with Gasteiger partial charge in [0.25, 0.3) is 5.56 Å². The quantitative estimate of drug-likeness (QED) is 0.500. The third-order valence-electron chi connectivity index (χ3n) is 4.00. The fraction of sp³-hybridized carbons (Fsp3) is 0.250. The molecule has 0 aliphatic rings. The molecule has 2 aromatic rings. The van der Waals surface area contributed by atoms with Gasteiger partial charge in [-0.25, -0.2) is 0 Å². The predicted molar refractivity (Wildman–Crippen MR) is 104 cm³/mol. The molecule has 2 rings (SSSR count). The number of amides is 2. The molecule has 0 fully saturated rings. The van der Waals surface area contributed by atoms with Crippen LogP contribution in [0.15, 0.2) is 53.5 Å². The average molecular weight is 399 g/mol. The van der Waals surface area contributed by atoms with E-state index in [1.165, 1.54) is 18.3 Å². The highest BCUT2D eigenvalue weighted by Crippen LogP contribution is 2.05. The molecule has 1 atom stereocenters. The van der Waals surface area contributed by atoms with Crippen LogP contribution in [0.2, 0.25) is 0 Å². The molecule has 3 N–H and O–H groups in total. The first-order chi connectivity index (χ1) is 13.9. The van der Waals surface area contributed by atoms with Crippen molar-refractivity contribution in [2.45, 2.75) is 31.8 Å². The smallest absolute Gasteiger partial charge is 0.305 e. The van der Waals surface area contributed by atoms with Gasteiger partial charge in [-0.2, -0.15) is 0 Å². The van der Waals surface area contributed by atoms with Crippen molar-refractivity contribution in [1.29, 1.82) is 0 Å². The summed E-state index contributed by atoms with van der Waals surface area (Å²) in [7, 11) is 0. The first-order valence-electron chi connectivity index (χ1n) is 8.88. The maximum Gasteiger partial charge on any atom is 0.305 e. The summed E-state index contributed by atoms with van der Waals surface area (Å²) in [4.78, 5) is 58.1. The monoisotopic (exact) mass is 399 g/mol. The van der Waals surface area contributed by atoms with Gasteiger partial charge in [0, 0.05) is 12.6 Å². The molecular formula is C20H21N3O6. The van der Waals surface area contributed by atoms with E-state index in [9.17, 15) is 24.0 Å². The molecule has 2 amide bonds. The first-order valence-corrected chi connectivity index (χ1v) is 8.88.